The Labute approximate surface area is 110 Å². The fraction of sp³-hybridized carbons (Fsp3) is 0.462. The van der Waals surface area contributed by atoms with E-state index < -0.39 is 0 Å². The molecule has 94 valence electrons. The number of halogens is 2. The zero-order chi connectivity index (χ0) is 12.8. The molecule has 0 aromatic heterocycles. The average Bonchev–Trinajstić information content (AvgIpc) is 2.26. The third kappa shape index (κ3) is 4.46. The highest BCUT2D eigenvalue weighted by atomic mass is 79.9. The second kappa shape index (κ2) is 6.74. The molecule has 1 aromatic rings. The van der Waals surface area contributed by atoms with Gasteiger partial charge in [-0.3, -0.25) is 4.79 Å². The van der Waals surface area contributed by atoms with Crippen LogP contribution < -0.4 is 5.32 Å². The zero-order valence-electron chi connectivity index (χ0n) is 10.1. The van der Waals surface area contributed by atoms with Gasteiger partial charge >= 0.3 is 0 Å². The maximum absolute atomic E-state index is 12.9. The Kier molecular flexibility index (Phi) is 5.62. The topological polar surface area (TPSA) is 29.1 Å². The Morgan fingerprint density at radius 2 is 2.24 bits per heavy atom. The van der Waals surface area contributed by atoms with Crippen LogP contribution in [-0.4, -0.2) is 17.3 Å². The number of nitrogens with one attached hydrogen (secondary N) is 1. The fourth-order valence-corrected chi connectivity index (χ4v) is 2.22. The average molecular weight is 302 g/mol. The number of carbonyl (C=O) groups is 1. The van der Waals surface area contributed by atoms with Gasteiger partial charge in [-0.05, 0) is 37.1 Å². The van der Waals surface area contributed by atoms with Crippen LogP contribution in [0.15, 0.2) is 18.2 Å². The predicted octanol–water partition coefficient (Wildman–Crippen LogP) is 3.43. The molecule has 0 saturated heterocycles. The van der Waals surface area contributed by atoms with Crippen LogP contribution in [0.25, 0.3) is 0 Å². The van der Waals surface area contributed by atoms with E-state index >= 15 is 0 Å². The van der Waals surface area contributed by atoms with Crippen LogP contribution >= 0.6 is 15.9 Å². The van der Waals surface area contributed by atoms with E-state index in [4.69, 9.17) is 0 Å². The van der Waals surface area contributed by atoms with Gasteiger partial charge in [-0.15, -0.1) is 0 Å². The number of hydrogen-bond acceptors (Lipinski definition) is 1. The molecule has 0 spiro atoms. The summed E-state index contributed by atoms with van der Waals surface area (Å²) in [5, 5.41) is 2.84. The first-order valence-electron chi connectivity index (χ1n) is 5.73. The van der Waals surface area contributed by atoms with E-state index in [9.17, 15) is 9.18 Å². The Morgan fingerprint density at radius 3 is 2.82 bits per heavy atom. The van der Waals surface area contributed by atoms with Crippen LogP contribution in [0.3, 0.4) is 0 Å². The summed E-state index contributed by atoms with van der Waals surface area (Å²) in [5.41, 5.74) is 1.19. The molecule has 0 aliphatic heterocycles. The summed E-state index contributed by atoms with van der Waals surface area (Å²) >= 11 is 3.49. The maximum atomic E-state index is 12.9. The quantitative estimate of drug-likeness (QED) is 0.830. The molecule has 4 heteroatoms. The first kappa shape index (κ1) is 14.2. The van der Waals surface area contributed by atoms with Crippen molar-refractivity contribution in [2.24, 2.45) is 0 Å². The molecule has 0 radical (unpaired) electrons. The third-order valence-electron chi connectivity index (χ3n) is 2.52. The van der Waals surface area contributed by atoms with Crippen molar-refractivity contribution in [3.8, 4) is 0 Å². The lowest BCUT2D eigenvalue weighted by Crippen LogP contribution is -2.30. The molecule has 1 aromatic carbocycles. The maximum Gasteiger partial charge on any atom is 0.251 e. The minimum Gasteiger partial charge on any atom is -0.351 e. The number of rotatable bonds is 5. The number of benzene rings is 1. The largest absolute Gasteiger partial charge is 0.351 e. The van der Waals surface area contributed by atoms with Crippen molar-refractivity contribution in [3.63, 3.8) is 0 Å². The molecule has 2 nitrogen and oxygen atoms in total. The molecule has 0 aliphatic rings. The first-order valence-corrected chi connectivity index (χ1v) is 6.64. The van der Waals surface area contributed by atoms with Gasteiger partial charge in [0, 0.05) is 16.9 Å². The summed E-state index contributed by atoms with van der Waals surface area (Å²) in [6, 6.07) is 4.19. The van der Waals surface area contributed by atoms with Crippen molar-refractivity contribution >= 4 is 21.8 Å². The second-order valence-electron chi connectivity index (χ2n) is 4.06. The van der Waals surface area contributed by atoms with Gasteiger partial charge in [0.25, 0.3) is 5.91 Å². The smallest absolute Gasteiger partial charge is 0.251 e. The molecule has 17 heavy (non-hydrogen) atoms. The molecule has 0 saturated carbocycles. The van der Waals surface area contributed by atoms with Crippen molar-refractivity contribution in [3.05, 3.63) is 35.1 Å². The number of hydrogen-bond donors (Lipinski definition) is 1. The number of amides is 1. The zero-order valence-corrected chi connectivity index (χ0v) is 11.7. The van der Waals surface area contributed by atoms with E-state index in [2.05, 4.69) is 28.2 Å². The SMILES string of the molecule is CCCC(Br)CNC(=O)c1ccc(F)cc1C. The van der Waals surface area contributed by atoms with Crippen LogP contribution in [0.5, 0.6) is 0 Å². The van der Waals surface area contributed by atoms with Crippen LogP contribution in [0, 0.1) is 12.7 Å². The summed E-state index contributed by atoms with van der Waals surface area (Å²) in [6.07, 6.45) is 2.09. The lowest BCUT2D eigenvalue weighted by atomic mass is 10.1. The van der Waals surface area contributed by atoms with Gasteiger partial charge in [0.2, 0.25) is 0 Å². The van der Waals surface area contributed by atoms with Crippen LogP contribution in [-0.2, 0) is 0 Å². The highest BCUT2D eigenvalue weighted by Crippen LogP contribution is 2.11. The van der Waals surface area contributed by atoms with E-state index in [0.717, 1.165) is 12.8 Å². The molecular formula is C13H17BrFNO. The molecule has 0 aliphatic carbocycles. The fourth-order valence-electron chi connectivity index (χ4n) is 1.60. The van der Waals surface area contributed by atoms with E-state index in [-0.39, 0.29) is 16.6 Å². The Balaban J connectivity index is 2.58. The van der Waals surface area contributed by atoms with Gasteiger partial charge in [-0.2, -0.15) is 0 Å². The summed E-state index contributed by atoms with van der Waals surface area (Å²) in [5.74, 6) is -0.466. The predicted molar refractivity (Wildman–Crippen MR) is 71.1 cm³/mol. The van der Waals surface area contributed by atoms with Crippen LogP contribution in [0.2, 0.25) is 0 Å². The normalized spacial score (nSPS) is 12.2. The van der Waals surface area contributed by atoms with Gasteiger partial charge < -0.3 is 5.32 Å². The Morgan fingerprint density at radius 1 is 1.53 bits per heavy atom. The summed E-state index contributed by atoms with van der Waals surface area (Å²) in [7, 11) is 0. The van der Waals surface area contributed by atoms with E-state index in [1.54, 1.807) is 6.92 Å². The van der Waals surface area contributed by atoms with E-state index in [1.165, 1.54) is 18.2 Å². The number of alkyl halides is 1. The standard InChI is InChI=1S/C13H17BrFNO/c1-3-4-10(14)8-16-13(17)12-6-5-11(15)7-9(12)2/h5-7,10H,3-4,8H2,1-2H3,(H,16,17). The molecule has 1 unspecified atom stereocenters. The van der Waals surface area contributed by atoms with Gasteiger partial charge in [-0.1, -0.05) is 29.3 Å². The van der Waals surface area contributed by atoms with Crippen molar-refractivity contribution in [2.45, 2.75) is 31.5 Å². The Hall–Kier alpha value is -0.900. The van der Waals surface area contributed by atoms with Gasteiger partial charge in [0.1, 0.15) is 5.82 Å². The highest BCUT2D eigenvalue weighted by molar-refractivity contribution is 9.09. The summed E-state index contributed by atoms with van der Waals surface area (Å²) in [6.45, 7) is 4.42. The number of aryl methyl sites for hydroxylation is 1. The van der Waals surface area contributed by atoms with Crippen LogP contribution in [0.1, 0.15) is 35.7 Å². The van der Waals surface area contributed by atoms with Gasteiger partial charge in [0.15, 0.2) is 0 Å². The number of carbonyl (C=O) groups excluding carboxylic acids is 1. The molecule has 1 amide bonds. The molecule has 1 N–H and O–H groups in total. The molecule has 1 rings (SSSR count). The minimum absolute atomic E-state index is 0.150. The van der Waals surface area contributed by atoms with Gasteiger partial charge in [0.05, 0.1) is 0 Å². The minimum atomic E-state index is -0.316. The molecule has 0 heterocycles. The van der Waals surface area contributed by atoms with Crippen LogP contribution in [0.4, 0.5) is 4.39 Å². The van der Waals surface area contributed by atoms with Crippen molar-refractivity contribution in [2.75, 3.05) is 6.54 Å². The molecule has 0 fully saturated rings. The molecular weight excluding hydrogens is 285 g/mol. The highest BCUT2D eigenvalue weighted by Gasteiger charge is 2.11. The van der Waals surface area contributed by atoms with Gasteiger partial charge in [-0.25, -0.2) is 4.39 Å². The summed E-state index contributed by atoms with van der Waals surface area (Å²) in [4.78, 5) is 12.1. The Bertz CT molecular complexity index is 395. The van der Waals surface area contributed by atoms with Crippen molar-refractivity contribution < 1.29 is 9.18 Å². The lowest BCUT2D eigenvalue weighted by molar-refractivity contribution is 0.0953. The van der Waals surface area contributed by atoms with E-state index in [1.807, 2.05) is 0 Å². The second-order valence-corrected chi connectivity index (χ2v) is 5.35. The summed E-state index contributed by atoms with van der Waals surface area (Å²) < 4.78 is 12.9. The van der Waals surface area contributed by atoms with Crippen molar-refractivity contribution in [1.29, 1.82) is 0 Å². The molecule has 0 bridgehead atoms. The van der Waals surface area contributed by atoms with Crippen molar-refractivity contribution in [1.82, 2.24) is 5.32 Å². The third-order valence-corrected chi connectivity index (χ3v) is 3.30. The monoisotopic (exact) mass is 301 g/mol. The molecule has 1 atom stereocenters. The first-order chi connectivity index (χ1) is 8.04. The van der Waals surface area contributed by atoms with E-state index in [0.29, 0.717) is 17.7 Å². The lowest BCUT2D eigenvalue weighted by Gasteiger charge is -2.11.